The van der Waals surface area contributed by atoms with E-state index in [0.29, 0.717) is 36.9 Å². The number of hydrogen-bond donors (Lipinski definition) is 2. The minimum atomic E-state index is -0.410. The smallest absolute Gasteiger partial charge is 0.305 e. The number of carbonyl (C=O) groups excluding carboxylic acids is 2. The van der Waals surface area contributed by atoms with Crippen LogP contribution in [0, 0.1) is 46.3 Å². The number of hydrogen-bond acceptors (Lipinski definition) is 5. The van der Waals surface area contributed by atoms with Gasteiger partial charge in [-0.25, -0.2) is 0 Å². The highest BCUT2D eigenvalue weighted by Gasteiger charge is 2.65. The maximum atomic E-state index is 13.4. The molecule has 4 fully saturated rings. The molecule has 0 bridgehead atoms. The van der Waals surface area contributed by atoms with Crippen LogP contribution in [0.15, 0.2) is 0 Å². The van der Waals surface area contributed by atoms with Gasteiger partial charge in [0.1, 0.15) is 5.78 Å². The Morgan fingerprint density at radius 2 is 1.90 bits per heavy atom. The van der Waals surface area contributed by atoms with E-state index in [4.69, 9.17) is 4.74 Å². The lowest BCUT2D eigenvalue weighted by atomic mass is 9.43. The largest absolute Gasteiger partial charge is 0.469 e. The zero-order valence-electron chi connectivity index (χ0n) is 19.1. The molecule has 0 heterocycles. The highest BCUT2D eigenvalue weighted by Crippen LogP contribution is 2.67. The van der Waals surface area contributed by atoms with Crippen molar-refractivity contribution in [3.63, 3.8) is 0 Å². The molecule has 0 amide bonds. The van der Waals surface area contributed by atoms with Crippen LogP contribution in [-0.2, 0) is 14.3 Å². The predicted molar refractivity (Wildman–Crippen MR) is 113 cm³/mol. The van der Waals surface area contributed by atoms with Crippen LogP contribution in [0.1, 0.15) is 78.6 Å². The Morgan fingerprint density at radius 1 is 1.17 bits per heavy atom. The summed E-state index contributed by atoms with van der Waals surface area (Å²) in [4.78, 5) is 25.1. The van der Waals surface area contributed by atoms with Crippen LogP contribution in [0.25, 0.3) is 0 Å². The lowest BCUT2D eigenvalue weighted by Crippen LogP contribution is -2.61. The minimum absolute atomic E-state index is 0.0488. The normalized spacial score (nSPS) is 49.0. The molecule has 0 aliphatic heterocycles. The summed E-state index contributed by atoms with van der Waals surface area (Å²) in [5.41, 5.74) is -0.210. The molecule has 0 aromatic heterocycles. The third-order valence-corrected chi connectivity index (χ3v) is 10.3. The van der Waals surface area contributed by atoms with Crippen molar-refractivity contribution in [3.8, 4) is 0 Å². The van der Waals surface area contributed by atoms with Gasteiger partial charge in [-0.15, -0.1) is 0 Å². The van der Waals surface area contributed by atoms with Crippen molar-refractivity contribution in [2.45, 2.75) is 90.8 Å². The number of ketones is 1. The summed E-state index contributed by atoms with van der Waals surface area (Å²) in [7, 11) is 1.43. The Hall–Kier alpha value is -0.940. The Balaban J connectivity index is 1.59. The minimum Gasteiger partial charge on any atom is -0.469 e. The van der Waals surface area contributed by atoms with Crippen molar-refractivity contribution in [2.24, 2.45) is 46.3 Å². The zero-order valence-corrected chi connectivity index (χ0v) is 19.1. The lowest BCUT2D eigenvalue weighted by molar-refractivity contribution is -0.182. The fourth-order valence-electron chi connectivity index (χ4n) is 8.49. The summed E-state index contributed by atoms with van der Waals surface area (Å²) in [5.74, 6) is 1.61. The van der Waals surface area contributed by atoms with Crippen LogP contribution < -0.4 is 0 Å². The first kappa shape index (κ1) is 22.3. The van der Waals surface area contributed by atoms with Crippen molar-refractivity contribution < 1.29 is 24.5 Å². The summed E-state index contributed by atoms with van der Waals surface area (Å²) < 4.78 is 4.82. The molecule has 4 rings (SSSR count). The maximum absolute atomic E-state index is 13.4. The van der Waals surface area contributed by atoms with Gasteiger partial charge < -0.3 is 14.9 Å². The number of esters is 1. The average molecular weight is 421 g/mol. The van der Waals surface area contributed by atoms with Crippen LogP contribution >= 0.6 is 0 Å². The second-order valence-electron chi connectivity index (χ2n) is 11.4. The van der Waals surface area contributed by atoms with Crippen LogP contribution in [-0.4, -0.2) is 41.3 Å². The standard InChI is InChI=1S/C25H40O5/c1-14(5-8-22(29)30-4)17-6-7-18-23-19(13-21(28)25(17,18)3)24(2)10-9-16(26)11-15(24)12-20(23)27/h14-19,21,23,26,28H,5-13H2,1-4H3/t14-,15+,16-,17-,18?,19?,21+,23?,24+,25-/m1/s1. The van der Waals surface area contributed by atoms with Gasteiger partial charge in [0.05, 0.1) is 19.3 Å². The molecule has 2 N–H and O–H groups in total. The molecule has 0 aromatic carbocycles. The molecule has 10 atom stereocenters. The Morgan fingerprint density at radius 3 is 2.60 bits per heavy atom. The van der Waals surface area contributed by atoms with E-state index in [1.54, 1.807) is 0 Å². The first-order valence-corrected chi connectivity index (χ1v) is 12.1. The number of ether oxygens (including phenoxy) is 1. The molecule has 170 valence electrons. The number of aliphatic hydroxyl groups is 2. The second kappa shape index (κ2) is 7.88. The maximum Gasteiger partial charge on any atom is 0.305 e. The Labute approximate surface area is 180 Å². The molecule has 0 aromatic rings. The molecule has 0 spiro atoms. The van der Waals surface area contributed by atoms with E-state index in [2.05, 4.69) is 20.8 Å². The summed E-state index contributed by atoms with van der Waals surface area (Å²) in [5, 5.41) is 21.7. The monoisotopic (exact) mass is 420 g/mol. The van der Waals surface area contributed by atoms with E-state index in [9.17, 15) is 19.8 Å². The number of fused-ring (bicyclic) bond motifs is 5. The van der Waals surface area contributed by atoms with Crippen molar-refractivity contribution in [1.82, 2.24) is 0 Å². The molecule has 30 heavy (non-hydrogen) atoms. The van der Waals surface area contributed by atoms with Crippen molar-refractivity contribution in [2.75, 3.05) is 7.11 Å². The van der Waals surface area contributed by atoms with Crippen LogP contribution in [0.4, 0.5) is 0 Å². The number of Topliss-reactive ketones (excluding diaryl/α,β-unsaturated/α-hetero) is 1. The Kier molecular flexibility index (Phi) is 5.85. The van der Waals surface area contributed by atoms with Gasteiger partial charge in [-0.1, -0.05) is 20.8 Å². The molecule has 4 saturated carbocycles. The van der Waals surface area contributed by atoms with Crippen molar-refractivity contribution >= 4 is 11.8 Å². The molecule has 4 aliphatic carbocycles. The van der Waals surface area contributed by atoms with E-state index < -0.39 is 6.10 Å². The third kappa shape index (κ3) is 3.26. The van der Waals surface area contributed by atoms with Crippen LogP contribution in [0.3, 0.4) is 0 Å². The molecule has 0 saturated heterocycles. The van der Waals surface area contributed by atoms with Crippen LogP contribution in [0.2, 0.25) is 0 Å². The number of methoxy groups -OCH3 is 1. The van der Waals surface area contributed by atoms with Gasteiger partial charge in [0.2, 0.25) is 0 Å². The van der Waals surface area contributed by atoms with E-state index >= 15 is 0 Å². The van der Waals surface area contributed by atoms with E-state index in [1.165, 1.54) is 7.11 Å². The first-order chi connectivity index (χ1) is 14.1. The molecule has 3 unspecified atom stereocenters. The number of rotatable bonds is 4. The zero-order chi connectivity index (χ0) is 21.8. The van der Waals surface area contributed by atoms with E-state index in [1.807, 2.05) is 0 Å². The Bertz CT molecular complexity index is 691. The van der Waals surface area contributed by atoms with E-state index in [-0.39, 0.29) is 46.6 Å². The summed E-state index contributed by atoms with van der Waals surface area (Å²) >= 11 is 0. The topological polar surface area (TPSA) is 83.8 Å². The average Bonchev–Trinajstić information content (AvgIpc) is 3.06. The summed E-state index contributed by atoms with van der Waals surface area (Å²) in [6.07, 6.45) is 6.32. The summed E-state index contributed by atoms with van der Waals surface area (Å²) in [6, 6.07) is 0. The predicted octanol–water partition coefficient (Wildman–Crippen LogP) is 3.75. The molecule has 4 aliphatic rings. The van der Waals surface area contributed by atoms with Gasteiger partial charge >= 0.3 is 5.97 Å². The van der Waals surface area contributed by atoms with Gasteiger partial charge in [0, 0.05) is 24.2 Å². The molecule has 5 heteroatoms. The van der Waals surface area contributed by atoms with Gasteiger partial charge in [-0.3, -0.25) is 9.59 Å². The lowest BCUT2D eigenvalue weighted by Gasteiger charge is -2.61. The fraction of sp³-hybridized carbons (Fsp3) is 0.920. The second-order valence-corrected chi connectivity index (χ2v) is 11.4. The SMILES string of the molecule is COC(=O)CC[C@@H](C)[C@H]1CCC2C3C(=O)C[C@@H]4C[C@H](O)CC[C@]4(C)C3C[C@H](O)[C@@]21C. The number of carbonyl (C=O) groups is 2. The molecular formula is C25H40O5. The highest BCUT2D eigenvalue weighted by molar-refractivity contribution is 5.83. The van der Waals surface area contributed by atoms with E-state index in [0.717, 1.165) is 38.5 Å². The van der Waals surface area contributed by atoms with Gasteiger partial charge in [-0.05, 0) is 80.0 Å². The van der Waals surface area contributed by atoms with Gasteiger partial charge in [0.25, 0.3) is 0 Å². The summed E-state index contributed by atoms with van der Waals surface area (Å²) in [6.45, 7) is 6.74. The molecular weight excluding hydrogens is 380 g/mol. The van der Waals surface area contributed by atoms with Gasteiger partial charge in [-0.2, -0.15) is 0 Å². The quantitative estimate of drug-likeness (QED) is 0.677. The molecule has 5 nitrogen and oxygen atoms in total. The fourth-order valence-corrected chi connectivity index (χ4v) is 8.49. The van der Waals surface area contributed by atoms with Crippen molar-refractivity contribution in [3.05, 3.63) is 0 Å². The highest BCUT2D eigenvalue weighted by atomic mass is 16.5. The van der Waals surface area contributed by atoms with Gasteiger partial charge in [0.15, 0.2) is 0 Å². The van der Waals surface area contributed by atoms with Crippen molar-refractivity contribution in [1.29, 1.82) is 0 Å². The third-order valence-electron chi connectivity index (χ3n) is 10.3. The molecule has 0 radical (unpaired) electrons. The number of aliphatic hydroxyl groups excluding tert-OH is 2. The first-order valence-electron chi connectivity index (χ1n) is 12.1. The van der Waals surface area contributed by atoms with Crippen LogP contribution in [0.5, 0.6) is 0 Å².